The molecule has 0 saturated carbocycles. The van der Waals surface area contributed by atoms with E-state index in [-0.39, 0.29) is 5.56 Å². The van der Waals surface area contributed by atoms with Crippen molar-refractivity contribution >= 4 is 17.1 Å². The first-order valence-corrected chi connectivity index (χ1v) is 4.68. The predicted octanol–water partition coefficient (Wildman–Crippen LogP) is 1.23. The largest absolute Gasteiger partial charge is 0.478 e. The Labute approximate surface area is 86.4 Å². The minimum Gasteiger partial charge on any atom is -0.478 e. The maximum absolute atomic E-state index is 10.9. The van der Waals surface area contributed by atoms with Crippen LogP contribution in [0.25, 0.3) is 11.2 Å². The summed E-state index contributed by atoms with van der Waals surface area (Å²) in [5.74, 6) is -0.130. The van der Waals surface area contributed by atoms with Crippen molar-refractivity contribution in [3.63, 3.8) is 0 Å². The summed E-state index contributed by atoms with van der Waals surface area (Å²) < 4.78 is 1.82. The molecule has 2 rings (SSSR count). The summed E-state index contributed by atoms with van der Waals surface area (Å²) in [6.07, 6.45) is 2.25. The van der Waals surface area contributed by atoms with Crippen LogP contribution in [-0.2, 0) is 13.5 Å². The molecule has 0 bridgehead atoms. The van der Waals surface area contributed by atoms with Gasteiger partial charge in [-0.2, -0.15) is 0 Å². The number of imidazole rings is 1. The van der Waals surface area contributed by atoms with Gasteiger partial charge in [0.25, 0.3) is 0 Å². The minimum atomic E-state index is -0.969. The lowest BCUT2D eigenvalue weighted by molar-refractivity contribution is 0.0699. The topological polar surface area (TPSA) is 68.0 Å². The standard InChI is InChI=1S/C10H11N3O2/c1-3-7-12-8-6(10(14)15)4-5-11-9(8)13(7)2/h4-5H,3H2,1-2H3,(H,14,15). The Morgan fingerprint density at radius 3 is 2.93 bits per heavy atom. The first-order valence-electron chi connectivity index (χ1n) is 4.68. The van der Waals surface area contributed by atoms with Gasteiger partial charge in [0.1, 0.15) is 11.3 Å². The highest BCUT2D eigenvalue weighted by molar-refractivity contribution is 5.99. The van der Waals surface area contributed by atoms with Crippen molar-refractivity contribution in [2.75, 3.05) is 0 Å². The zero-order chi connectivity index (χ0) is 11.0. The number of nitrogens with zero attached hydrogens (tertiary/aromatic N) is 3. The molecule has 2 aromatic heterocycles. The zero-order valence-electron chi connectivity index (χ0n) is 8.56. The highest BCUT2D eigenvalue weighted by Crippen LogP contribution is 2.17. The van der Waals surface area contributed by atoms with Crippen LogP contribution in [0.3, 0.4) is 0 Å². The molecule has 0 atom stereocenters. The van der Waals surface area contributed by atoms with Crippen LogP contribution in [0.15, 0.2) is 12.3 Å². The Morgan fingerprint density at radius 2 is 2.33 bits per heavy atom. The van der Waals surface area contributed by atoms with E-state index in [1.165, 1.54) is 12.3 Å². The first-order chi connectivity index (χ1) is 7.15. The molecular formula is C10H11N3O2. The molecule has 2 heterocycles. The fraction of sp³-hybridized carbons (Fsp3) is 0.300. The van der Waals surface area contributed by atoms with Crippen molar-refractivity contribution in [3.8, 4) is 0 Å². The number of aryl methyl sites for hydroxylation is 2. The second kappa shape index (κ2) is 3.34. The third-order valence-electron chi connectivity index (χ3n) is 2.40. The summed E-state index contributed by atoms with van der Waals surface area (Å²) in [5.41, 5.74) is 1.28. The number of fused-ring (bicyclic) bond motifs is 1. The van der Waals surface area contributed by atoms with Gasteiger partial charge in [-0.3, -0.25) is 0 Å². The molecule has 5 nitrogen and oxygen atoms in total. The number of pyridine rings is 1. The van der Waals surface area contributed by atoms with Gasteiger partial charge >= 0.3 is 5.97 Å². The Morgan fingerprint density at radius 1 is 1.60 bits per heavy atom. The Kier molecular flexibility index (Phi) is 2.15. The van der Waals surface area contributed by atoms with Gasteiger partial charge in [-0.05, 0) is 6.07 Å². The van der Waals surface area contributed by atoms with E-state index in [2.05, 4.69) is 9.97 Å². The van der Waals surface area contributed by atoms with Crippen molar-refractivity contribution in [1.29, 1.82) is 0 Å². The molecule has 5 heteroatoms. The van der Waals surface area contributed by atoms with Crippen LogP contribution in [0, 0.1) is 0 Å². The van der Waals surface area contributed by atoms with Gasteiger partial charge < -0.3 is 9.67 Å². The molecule has 0 radical (unpaired) electrons. The molecule has 0 aliphatic carbocycles. The number of aromatic carboxylic acids is 1. The second-order valence-electron chi connectivity index (χ2n) is 3.28. The zero-order valence-corrected chi connectivity index (χ0v) is 8.56. The van der Waals surface area contributed by atoms with Gasteiger partial charge in [-0.15, -0.1) is 0 Å². The minimum absolute atomic E-state index is 0.204. The van der Waals surface area contributed by atoms with E-state index in [1.807, 2.05) is 18.5 Å². The van der Waals surface area contributed by atoms with Crippen LogP contribution < -0.4 is 0 Å². The number of hydrogen-bond donors (Lipinski definition) is 1. The molecule has 0 aliphatic heterocycles. The Balaban J connectivity index is 2.81. The summed E-state index contributed by atoms with van der Waals surface area (Å²) in [6.45, 7) is 1.97. The molecule has 1 N–H and O–H groups in total. The average Bonchev–Trinajstić information content (AvgIpc) is 2.55. The van der Waals surface area contributed by atoms with Gasteiger partial charge in [-0.25, -0.2) is 14.8 Å². The Bertz CT molecular complexity index is 531. The smallest absolute Gasteiger partial charge is 0.338 e. The summed E-state index contributed by atoms with van der Waals surface area (Å²) in [5, 5.41) is 8.98. The lowest BCUT2D eigenvalue weighted by Crippen LogP contribution is -1.99. The van der Waals surface area contributed by atoms with E-state index in [4.69, 9.17) is 5.11 Å². The quantitative estimate of drug-likeness (QED) is 0.800. The monoisotopic (exact) mass is 205 g/mol. The summed E-state index contributed by atoms with van der Waals surface area (Å²) in [4.78, 5) is 19.3. The summed E-state index contributed by atoms with van der Waals surface area (Å²) in [6, 6.07) is 1.47. The van der Waals surface area contributed by atoms with Crippen LogP contribution >= 0.6 is 0 Å². The number of hydrogen-bond acceptors (Lipinski definition) is 3. The van der Waals surface area contributed by atoms with Crippen LogP contribution in [-0.4, -0.2) is 25.6 Å². The number of carboxylic acid groups (broad SMARTS) is 1. The maximum Gasteiger partial charge on any atom is 0.338 e. The summed E-state index contributed by atoms with van der Waals surface area (Å²) in [7, 11) is 1.84. The van der Waals surface area contributed by atoms with Crippen LogP contribution in [0.4, 0.5) is 0 Å². The number of carbonyl (C=O) groups is 1. The van der Waals surface area contributed by atoms with Crippen molar-refractivity contribution in [2.24, 2.45) is 7.05 Å². The van der Waals surface area contributed by atoms with E-state index in [0.717, 1.165) is 12.2 Å². The number of carboxylic acids is 1. The second-order valence-corrected chi connectivity index (χ2v) is 3.28. The highest BCUT2D eigenvalue weighted by Gasteiger charge is 2.14. The van der Waals surface area contributed by atoms with E-state index in [0.29, 0.717) is 11.2 Å². The lowest BCUT2D eigenvalue weighted by atomic mass is 10.2. The molecule has 0 aromatic carbocycles. The molecule has 2 aromatic rings. The molecule has 0 unspecified atom stereocenters. The number of aromatic nitrogens is 3. The first kappa shape index (κ1) is 9.64. The fourth-order valence-corrected chi connectivity index (χ4v) is 1.61. The molecule has 0 fully saturated rings. The van der Waals surface area contributed by atoms with Crippen LogP contribution in [0.1, 0.15) is 23.1 Å². The van der Waals surface area contributed by atoms with Crippen molar-refractivity contribution in [1.82, 2.24) is 14.5 Å². The van der Waals surface area contributed by atoms with Gasteiger partial charge in [0, 0.05) is 19.7 Å². The van der Waals surface area contributed by atoms with Crippen LogP contribution in [0.2, 0.25) is 0 Å². The SMILES string of the molecule is CCc1nc2c(C(=O)O)ccnc2n1C. The van der Waals surface area contributed by atoms with Crippen molar-refractivity contribution < 1.29 is 9.90 Å². The molecule has 78 valence electrons. The fourth-order valence-electron chi connectivity index (χ4n) is 1.61. The third-order valence-corrected chi connectivity index (χ3v) is 2.40. The van der Waals surface area contributed by atoms with Gasteiger partial charge in [0.15, 0.2) is 5.65 Å². The van der Waals surface area contributed by atoms with E-state index in [9.17, 15) is 4.79 Å². The van der Waals surface area contributed by atoms with Crippen molar-refractivity contribution in [2.45, 2.75) is 13.3 Å². The molecule has 0 saturated heterocycles. The number of rotatable bonds is 2. The van der Waals surface area contributed by atoms with Gasteiger partial charge in [0.05, 0.1) is 5.56 Å². The molecule has 0 amide bonds. The Hall–Kier alpha value is -1.91. The van der Waals surface area contributed by atoms with E-state index in [1.54, 1.807) is 0 Å². The highest BCUT2D eigenvalue weighted by atomic mass is 16.4. The maximum atomic E-state index is 10.9. The predicted molar refractivity (Wildman–Crippen MR) is 54.8 cm³/mol. The lowest BCUT2D eigenvalue weighted by Gasteiger charge is -1.97. The van der Waals surface area contributed by atoms with Gasteiger partial charge in [-0.1, -0.05) is 6.92 Å². The average molecular weight is 205 g/mol. The van der Waals surface area contributed by atoms with Crippen molar-refractivity contribution in [3.05, 3.63) is 23.7 Å². The molecule has 0 spiro atoms. The third kappa shape index (κ3) is 1.36. The normalized spacial score (nSPS) is 10.8. The van der Waals surface area contributed by atoms with Gasteiger partial charge in [0.2, 0.25) is 0 Å². The molecule has 15 heavy (non-hydrogen) atoms. The van der Waals surface area contributed by atoms with Crippen LogP contribution in [0.5, 0.6) is 0 Å². The van der Waals surface area contributed by atoms with E-state index < -0.39 is 5.97 Å². The van der Waals surface area contributed by atoms with E-state index >= 15 is 0 Å². The molecular weight excluding hydrogens is 194 g/mol. The summed E-state index contributed by atoms with van der Waals surface area (Å²) >= 11 is 0. The molecule has 0 aliphatic rings.